The van der Waals surface area contributed by atoms with E-state index in [2.05, 4.69) is 0 Å². The van der Waals surface area contributed by atoms with Gasteiger partial charge in [0.2, 0.25) is 0 Å². The van der Waals surface area contributed by atoms with Crippen LogP contribution in [0.25, 0.3) is 6.08 Å². The molecule has 1 saturated heterocycles. The largest absolute Gasteiger partial charge is 0.491 e. The number of aryl methyl sites for hydroxylation is 2. The predicted molar refractivity (Wildman–Crippen MR) is 116 cm³/mol. The zero-order valence-electron chi connectivity index (χ0n) is 17.1. The highest BCUT2D eigenvalue weighted by Crippen LogP contribution is 2.32. The van der Waals surface area contributed by atoms with Crippen LogP contribution < -0.4 is 9.47 Å². The van der Waals surface area contributed by atoms with Crippen molar-refractivity contribution in [2.45, 2.75) is 33.8 Å². The summed E-state index contributed by atoms with van der Waals surface area (Å²) in [4.78, 5) is 26.6. The lowest BCUT2D eigenvalue weighted by Crippen LogP contribution is -2.32. The standard InChI is InChI=1S/C23H25NO4S/c1-15(2)28-19-9-7-18(8-10-19)14-21-22(25)24(23(26)29-21)11-12-27-20-13-16(3)5-6-17(20)4/h5-10,13-15H,11-12H2,1-4H3/b21-14-. The van der Waals surface area contributed by atoms with E-state index in [4.69, 9.17) is 9.47 Å². The van der Waals surface area contributed by atoms with Crippen LogP contribution >= 0.6 is 11.8 Å². The molecule has 0 bridgehead atoms. The highest BCUT2D eigenvalue weighted by molar-refractivity contribution is 8.18. The van der Waals surface area contributed by atoms with Crippen molar-refractivity contribution < 1.29 is 19.1 Å². The number of thioether (sulfide) groups is 1. The van der Waals surface area contributed by atoms with Crippen molar-refractivity contribution in [1.29, 1.82) is 0 Å². The van der Waals surface area contributed by atoms with Crippen LogP contribution in [0.4, 0.5) is 4.79 Å². The second-order valence-electron chi connectivity index (χ2n) is 7.19. The molecule has 2 amide bonds. The van der Waals surface area contributed by atoms with Crippen LogP contribution in [-0.4, -0.2) is 35.3 Å². The Morgan fingerprint density at radius 1 is 1.07 bits per heavy atom. The first kappa shape index (κ1) is 21.0. The van der Waals surface area contributed by atoms with E-state index in [1.54, 1.807) is 6.08 Å². The topological polar surface area (TPSA) is 55.8 Å². The normalized spacial score (nSPS) is 15.5. The van der Waals surface area contributed by atoms with Gasteiger partial charge in [0.25, 0.3) is 11.1 Å². The fourth-order valence-corrected chi connectivity index (χ4v) is 3.73. The van der Waals surface area contributed by atoms with Gasteiger partial charge in [-0.3, -0.25) is 14.5 Å². The monoisotopic (exact) mass is 411 g/mol. The first-order chi connectivity index (χ1) is 13.8. The van der Waals surface area contributed by atoms with Gasteiger partial charge in [-0.15, -0.1) is 0 Å². The molecule has 1 aliphatic heterocycles. The fraction of sp³-hybridized carbons (Fsp3) is 0.304. The molecule has 0 atom stereocenters. The van der Waals surface area contributed by atoms with Crippen LogP contribution in [0, 0.1) is 13.8 Å². The zero-order chi connectivity index (χ0) is 21.0. The zero-order valence-corrected chi connectivity index (χ0v) is 17.9. The molecular formula is C23H25NO4S. The molecule has 5 nitrogen and oxygen atoms in total. The maximum Gasteiger partial charge on any atom is 0.293 e. The van der Waals surface area contributed by atoms with Crippen molar-refractivity contribution in [1.82, 2.24) is 4.90 Å². The number of carbonyl (C=O) groups excluding carboxylic acids is 2. The van der Waals surface area contributed by atoms with Crippen LogP contribution in [0.15, 0.2) is 47.4 Å². The first-order valence-electron chi connectivity index (χ1n) is 9.55. The molecule has 0 N–H and O–H groups in total. The summed E-state index contributed by atoms with van der Waals surface area (Å²) < 4.78 is 11.4. The molecule has 2 aromatic carbocycles. The Hall–Kier alpha value is -2.73. The summed E-state index contributed by atoms with van der Waals surface area (Å²) in [5, 5.41) is -0.273. The molecule has 1 fully saturated rings. The van der Waals surface area contributed by atoms with Gasteiger partial charge >= 0.3 is 0 Å². The van der Waals surface area contributed by atoms with Crippen LogP contribution in [0.2, 0.25) is 0 Å². The molecule has 0 aliphatic carbocycles. The van der Waals surface area contributed by atoms with E-state index in [-0.39, 0.29) is 30.4 Å². The maximum atomic E-state index is 12.6. The summed E-state index contributed by atoms with van der Waals surface area (Å²) in [6.07, 6.45) is 1.83. The average molecular weight is 412 g/mol. The Morgan fingerprint density at radius 2 is 1.79 bits per heavy atom. The highest BCUT2D eigenvalue weighted by atomic mass is 32.2. The SMILES string of the molecule is Cc1ccc(C)c(OCCN2C(=O)S/C(=C\c3ccc(OC(C)C)cc3)C2=O)c1. The molecule has 2 aromatic rings. The minimum Gasteiger partial charge on any atom is -0.491 e. The molecule has 3 rings (SSSR count). The number of imide groups is 1. The van der Waals surface area contributed by atoms with E-state index in [9.17, 15) is 9.59 Å². The molecule has 6 heteroatoms. The van der Waals surface area contributed by atoms with Gasteiger partial charge in [-0.05, 0) is 80.4 Å². The molecule has 0 unspecified atom stereocenters. The van der Waals surface area contributed by atoms with Gasteiger partial charge in [-0.2, -0.15) is 0 Å². The number of rotatable bonds is 7. The number of benzene rings is 2. The maximum absolute atomic E-state index is 12.6. The van der Waals surface area contributed by atoms with Gasteiger partial charge in [0.05, 0.1) is 17.6 Å². The summed E-state index contributed by atoms with van der Waals surface area (Å²) >= 11 is 0.955. The molecule has 0 radical (unpaired) electrons. The van der Waals surface area contributed by atoms with Crippen LogP contribution in [0.1, 0.15) is 30.5 Å². The predicted octanol–water partition coefficient (Wildman–Crippen LogP) is 5.21. The number of hydrogen-bond acceptors (Lipinski definition) is 5. The number of hydrogen-bond donors (Lipinski definition) is 0. The van der Waals surface area contributed by atoms with Crippen molar-refractivity contribution >= 4 is 29.0 Å². The van der Waals surface area contributed by atoms with Gasteiger partial charge in [0.15, 0.2) is 0 Å². The van der Waals surface area contributed by atoms with Gasteiger partial charge in [0, 0.05) is 0 Å². The summed E-state index contributed by atoms with van der Waals surface area (Å²) in [6.45, 7) is 8.37. The minimum absolute atomic E-state index is 0.100. The number of amides is 2. The molecule has 0 aromatic heterocycles. The molecule has 29 heavy (non-hydrogen) atoms. The third kappa shape index (κ3) is 5.41. The Morgan fingerprint density at radius 3 is 2.48 bits per heavy atom. The Bertz CT molecular complexity index is 934. The van der Waals surface area contributed by atoms with Gasteiger partial charge in [0.1, 0.15) is 18.1 Å². The third-order valence-corrected chi connectivity index (χ3v) is 5.25. The minimum atomic E-state index is -0.285. The number of nitrogens with zero attached hydrogens (tertiary/aromatic N) is 1. The van der Waals surface area contributed by atoms with E-state index < -0.39 is 0 Å². The lowest BCUT2D eigenvalue weighted by molar-refractivity contribution is -0.123. The molecule has 0 saturated carbocycles. The quantitative estimate of drug-likeness (QED) is 0.586. The molecular weight excluding hydrogens is 386 g/mol. The van der Waals surface area contributed by atoms with Crippen LogP contribution in [0.5, 0.6) is 11.5 Å². The fourth-order valence-electron chi connectivity index (χ4n) is 2.87. The second kappa shape index (κ2) is 9.18. The lowest BCUT2D eigenvalue weighted by Gasteiger charge is -2.14. The highest BCUT2D eigenvalue weighted by Gasteiger charge is 2.34. The average Bonchev–Trinajstić information content (AvgIpc) is 2.93. The van der Waals surface area contributed by atoms with Crippen LogP contribution in [-0.2, 0) is 4.79 Å². The van der Waals surface area contributed by atoms with Crippen molar-refractivity contribution in [3.63, 3.8) is 0 Å². The van der Waals surface area contributed by atoms with Crippen molar-refractivity contribution in [2.75, 3.05) is 13.2 Å². The van der Waals surface area contributed by atoms with Crippen molar-refractivity contribution in [3.8, 4) is 11.5 Å². The summed E-state index contributed by atoms with van der Waals surface area (Å²) in [5.74, 6) is 1.26. The first-order valence-corrected chi connectivity index (χ1v) is 10.4. The van der Waals surface area contributed by atoms with Gasteiger partial charge in [-0.1, -0.05) is 24.3 Å². The third-order valence-electron chi connectivity index (χ3n) is 4.34. The Balaban J connectivity index is 1.61. The molecule has 152 valence electrons. The number of ether oxygens (including phenoxy) is 2. The summed E-state index contributed by atoms with van der Waals surface area (Å²) in [6, 6.07) is 13.4. The Kier molecular flexibility index (Phi) is 6.64. The van der Waals surface area contributed by atoms with Crippen LogP contribution in [0.3, 0.4) is 0 Å². The van der Waals surface area contributed by atoms with Crippen molar-refractivity contribution in [2.24, 2.45) is 0 Å². The molecule has 1 heterocycles. The summed E-state index contributed by atoms with van der Waals surface area (Å²) in [7, 11) is 0. The molecule has 1 aliphatic rings. The van der Waals surface area contributed by atoms with E-state index in [0.29, 0.717) is 4.91 Å². The lowest BCUT2D eigenvalue weighted by atomic mass is 10.1. The smallest absolute Gasteiger partial charge is 0.293 e. The van der Waals surface area contributed by atoms with E-state index >= 15 is 0 Å². The molecule has 0 spiro atoms. The second-order valence-corrected chi connectivity index (χ2v) is 8.18. The van der Waals surface area contributed by atoms with Gasteiger partial charge < -0.3 is 9.47 Å². The van der Waals surface area contributed by atoms with E-state index in [1.165, 1.54) is 4.90 Å². The van der Waals surface area contributed by atoms with E-state index in [1.807, 2.05) is 70.2 Å². The van der Waals surface area contributed by atoms with Crippen molar-refractivity contribution in [3.05, 3.63) is 64.1 Å². The summed E-state index contributed by atoms with van der Waals surface area (Å²) in [5.41, 5.74) is 2.97. The Labute approximate surface area is 175 Å². The van der Waals surface area contributed by atoms with E-state index in [0.717, 1.165) is 40.0 Å². The number of carbonyl (C=O) groups is 2. The van der Waals surface area contributed by atoms with Gasteiger partial charge in [-0.25, -0.2) is 0 Å².